The molecule has 0 bridgehead atoms. The van der Waals surface area contributed by atoms with Gasteiger partial charge in [-0.3, -0.25) is 4.40 Å². The molecule has 0 aliphatic carbocycles. The third-order valence-corrected chi connectivity index (χ3v) is 3.87. The maximum atomic E-state index is 9.98. The number of pyridine rings is 1. The smallest absolute Gasteiger partial charge is 0.197 e. The van der Waals surface area contributed by atoms with E-state index in [1.54, 1.807) is 6.07 Å². The van der Waals surface area contributed by atoms with Crippen LogP contribution in [0.2, 0.25) is 0 Å². The van der Waals surface area contributed by atoms with Crippen molar-refractivity contribution in [1.82, 2.24) is 14.7 Å². The minimum absolute atomic E-state index is 0.251. The number of nitrogens with one attached hydrogen (secondary N) is 1. The zero-order valence-corrected chi connectivity index (χ0v) is 10.9. The van der Waals surface area contributed by atoms with Crippen LogP contribution in [0.4, 0.5) is 0 Å². The summed E-state index contributed by atoms with van der Waals surface area (Å²) in [6, 6.07) is 5.48. The Morgan fingerprint density at radius 1 is 1.47 bits per heavy atom. The summed E-state index contributed by atoms with van der Waals surface area (Å²) >= 11 is 3.46. The van der Waals surface area contributed by atoms with Crippen LogP contribution in [0.25, 0.3) is 5.52 Å². The first-order chi connectivity index (χ1) is 8.27. The molecule has 3 rings (SSSR count). The lowest BCUT2D eigenvalue weighted by molar-refractivity contribution is 0.418. The van der Waals surface area contributed by atoms with Gasteiger partial charge in [-0.15, -0.1) is 0 Å². The van der Waals surface area contributed by atoms with Crippen LogP contribution in [0.5, 0.6) is 5.88 Å². The highest BCUT2D eigenvalue weighted by Gasteiger charge is 2.22. The average Bonchev–Trinajstić information content (AvgIpc) is 2.70. The van der Waals surface area contributed by atoms with E-state index >= 15 is 0 Å². The van der Waals surface area contributed by atoms with Gasteiger partial charge >= 0.3 is 0 Å². The fourth-order valence-corrected chi connectivity index (χ4v) is 2.94. The third kappa shape index (κ3) is 1.83. The second-order valence-electron chi connectivity index (χ2n) is 4.41. The number of rotatable bonds is 1. The molecule has 0 saturated carbocycles. The van der Waals surface area contributed by atoms with Crippen molar-refractivity contribution in [2.24, 2.45) is 0 Å². The highest BCUT2D eigenvalue weighted by molar-refractivity contribution is 9.10. The van der Waals surface area contributed by atoms with Crippen molar-refractivity contribution in [1.29, 1.82) is 0 Å². The molecule has 2 aromatic heterocycles. The van der Waals surface area contributed by atoms with Crippen LogP contribution in [0.15, 0.2) is 22.8 Å². The maximum Gasteiger partial charge on any atom is 0.197 e. The van der Waals surface area contributed by atoms with Crippen molar-refractivity contribution in [2.45, 2.75) is 18.8 Å². The van der Waals surface area contributed by atoms with Crippen LogP contribution in [0.1, 0.15) is 24.6 Å². The van der Waals surface area contributed by atoms with Crippen molar-refractivity contribution in [2.75, 3.05) is 13.1 Å². The molecule has 3 heterocycles. The first-order valence-electron chi connectivity index (χ1n) is 5.84. The Kier molecular flexibility index (Phi) is 2.80. The summed E-state index contributed by atoms with van der Waals surface area (Å²) in [6.45, 7) is 2.01. The van der Waals surface area contributed by atoms with Gasteiger partial charge in [-0.25, -0.2) is 4.98 Å². The number of aromatic nitrogens is 2. The van der Waals surface area contributed by atoms with Gasteiger partial charge in [0.25, 0.3) is 0 Å². The zero-order chi connectivity index (χ0) is 11.8. The van der Waals surface area contributed by atoms with Crippen LogP contribution in [-0.4, -0.2) is 27.6 Å². The van der Waals surface area contributed by atoms with Gasteiger partial charge < -0.3 is 10.4 Å². The topological polar surface area (TPSA) is 49.6 Å². The first-order valence-corrected chi connectivity index (χ1v) is 6.63. The van der Waals surface area contributed by atoms with Crippen LogP contribution >= 0.6 is 15.9 Å². The van der Waals surface area contributed by atoms with E-state index < -0.39 is 0 Å². The summed E-state index contributed by atoms with van der Waals surface area (Å²) < 4.78 is 2.64. The number of hydrogen-bond acceptors (Lipinski definition) is 3. The molecule has 0 amide bonds. The summed E-state index contributed by atoms with van der Waals surface area (Å²) in [6.07, 6.45) is 2.28. The Hall–Kier alpha value is -1.07. The third-order valence-electron chi connectivity index (χ3n) is 3.28. The number of nitrogens with zero attached hydrogens (tertiary/aromatic N) is 2. The zero-order valence-electron chi connectivity index (χ0n) is 9.36. The fraction of sp³-hybridized carbons (Fsp3) is 0.417. The first kappa shape index (κ1) is 11.0. The van der Waals surface area contributed by atoms with Gasteiger partial charge in [0.05, 0.1) is 5.52 Å². The van der Waals surface area contributed by atoms with Crippen molar-refractivity contribution in [3.63, 3.8) is 0 Å². The Balaban J connectivity index is 2.15. The largest absolute Gasteiger partial charge is 0.494 e. The van der Waals surface area contributed by atoms with Crippen molar-refractivity contribution in [3.8, 4) is 5.88 Å². The molecular formula is C12H14BrN3O. The molecule has 0 aromatic carbocycles. The summed E-state index contributed by atoms with van der Waals surface area (Å²) in [7, 11) is 0. The Morgan fingerprint density at radius 3 is 3.12 bits per heavy atom. The van der Waals surface area contributed by atoms with E-state index in [9.17, 15) is 5.11 Å². The molecule has 5 heteroatoms. The molecule has 0 spiro atoms. The molecule has 1 aliphatic heterocycles. The average molecular weight is 296 g/mol. The van der Waals surface area contributed by atoms with Gasteiger partial charge in [-0.2, -0.15) is 0 Å². The predicted octanol–water partition coefficient (Wildman–Crippen LogP) is 2.27. The summed E-state index contributed by atoms with van der Waals surface area (Å²) in [5.74, 6) is 1.56. The Labute approximate surface area is 108 Å². The molecule has 90 valence electrons. The maximum absolute atomic E-state index is 9.98. The SMILES string of the molecule is Oc1cccc2c(Br)nc(C3CCCNC3)n12. The normalized spacial score (nSPS) is 20.9. The van der Waals surface area contributed by atoms with Gasteiger partial charge in [0.15, 0.2) is 5.88 Å². The number of aromatic hydroxyl groups is 1. The minimum Gasteiger partial charge on any atom is -0.494 e. The van der Waals surface area contributed by atoms with Gasteiger partial charge in [-0.05, 0) is 47.4 Å². The highest BCUT2D eigenvalue weighted by atomic mass is 79.9. The molecule has 2 aromatic rings. The molecule has 1 fully saturated rings. The molecule has 1 unspecified atom stereocenters. The van der Waals surface area contributed by atoms with E-state index in [4.69, 9.17) is 0 Å². The van der Waals surface area contributed by atoms with Crippen LogP contribution in [-0.2, 0) is 0 Å². The van der Waals surface area contributed by atoms with E-state index in [2.05, 4.69) is 26.2 Å². The van der Waals surface area contributed by atoms with E-state index in [1.807, 2.05) is 16.5 Å². The molecule has 1 saturated heterocycles. The quantitative estimate of drug-likeness (QED) is 0.848. The van der Waals surface area contributed by atoms with Crippen LogP contribution in [0.3, 0.4) is 0 Å². The molecule has 0 radical (unpaired) electrons. The Bertz CT molecular complexity index is 546. The second-order valence-corrected chi connectivity index (χ2v) is 5.16. The van der Waals surface area contributed by atoms with Gasteiger partial charge in [-0.1, -0.05) is 6.07 Å². The molecule has 17 heavy (non-hydrogen) atoms. The molecule has 2 N–H and O–H groups in total. The summed E-state index contributed by atoms with van der Waals surface area (Å²) in [5.41, 5.74) is 0.922. The van der Waals surface area contributed by atoms with Gasteiger partial charge in [0.2, 0.25) is 0 Å². The monoisotopic (exact) mass is 295 g/mol. The van der Waals surface area contributed by atoms with Gasteiger partial charge in [0, 0.05) is 12.5 Å². The van der Waals surface area contributed by atoms with E-state index in [0.717, 1.165) is 41.9 Å². The number of fused-ring (bicyclic) bond motifs is 1. The van der Waals surface area contributed by atoms with Crippen LogP contribution < -0.4 is 5.32 Å². The molecule has 1 atom stereocenters. The molecule has 4 nitrogen and oxygen atoms in total. The number of hydrogen-bond donors (Lipinski definition) is 2. The minimum atomic E-state index is 0.251. The number of halogens is 1. The fourth-order valence-electron chi connectivity index (χ4n) is 2.45. The lowest BCUT2D eigenvalue weighted by Crippen LogP contribution is -2.29. The number of piperidine rings is 1. The molecular weight excluding hydrogens is 282 g/mol. The summed E-state index contributed by atoms with van der Waals surface area (Å²) in [4.78, 5) is 4.55. The lowest BCUT2D eigenvalue weighted by Gasteiger charge is -2.21. The second kappa shape index (κ2) is 4.31. The molecule has 1 aliphatic rings. The standard InChI is InChI=1S/C12H14BrN3O/c13-11-9-4-1-5-10(17)16(9)12(15-11)8-3-2-6-14-7-8/h1,4-5,8,14,17H,2-3,6-7H2. The lowest BCUT2D eigenvalue weighted by atomic mass is 9.99. The van der Waals surface area contributed by atoms with E-state index in [1.165, 1.54) is 0 Å². The van der Waals surface area contributed by atoms with Crippen molar-refractivity contribution in [3.05, 3.63) is 28.6 Å². The van der Waals surface area contributed by atoms with Gasteiger partial charge in [0.1, 0.15) is 10.4 Å². The highest BCUT2D eigenvalue weighted by Crippen LogP contribution is 2.30. The number of imidazole rings is 1. The van der Waals surface area contributed by atoms with Crippen molar-refractivity contribution < 1.29 is 5.11 Å². The van der Waals surface area contributed by atoms with E-state index in [0.29, 0.717) is 5.92 Å². The van der Waals surface area contributed by atoms with Crippen LogP contribution in [0, 0.1) is 0 Å². The predicted molar refractivity (Wildman–Crippen MR) is 69.4 cm³/mol. The Morgan fingerprint density at radius 2 is 2.35 bits per heavy atom. The van der Waals surface area contributed by atoms with Crippen molar-refractivity contribution >= 4 is 21.4 Å². The summed E-state index contributed by atoms with van der Waals surface area (Å²) in [5, 5.41) is 13.4. The van der Waals surface area contributed by atoms with E-state index in [-0.39, 0.29) is 5.88 Å².